The number of rotatable bonds is 6. The summed E-state index contributed by atoms with van der Waals surface area (Å²) < 4.78 is 173. The highest BCUT2D eigenvalue weighted by atomic mass is 35.5. The molecule has 0 aliphatic rings. The number of hydrogen-bond donors (Lipinski definition) is 0. The van der Waals surface area contributed by atoms with Crippen molar-refractivity contribution in [1.82, 2.24) is 0 Å². The van der Waals surface area contributed by atoms with Crippen LogP contribution in [0, 0.1) is 0 Å². The molecule has 24 heavy (non-hydrogen) atoms. The Hall–Kier alpha value is -0.310. The third-order valence-electron chi connectivity index (χ3n) is 2.50. The van der Waals surface area contributed by atoms with E-state index in [0.29, 0.717) is 0 Å². The van der Waals surface area contributed by atoms with Crippen molar-refractivity contribution in [2.24, 2.45) is 0 Å². The molecule has 0 saturated heterocycles. The first kappa shape index (κ1) is 23.7. The third kappa shape index (κ3) is 3.61. The molecule has 0 aromatic rings. The van der Waals surface area contributed by atoms with E-state index in [2.05, 4.69) is 23.2 Å². The van der Waals surface area contributed by atoms with Crippen molar-refractivity contribution in [1.29, 1.82) is 0 Å². The van der Waals surface area contributed by atoms with E-state index in [1.807, 2.05) is 0 Å². The van der Waals surface area contributed by atoms with Crippen molar-refractivity contribution in [3.05, 3.63) is 0 Å². The Labute approximate surface area is 134 Å². The van der Waals surface area contributed by atoms with Crippen LogP contribution in [0.25, 0.3) is 0 Å². The number of halogens is 14. The fraction of sp³-hybridized carbons (Fsp3) is 1.00. The Morgan fingerprint density at radius 3 is 1.29 bits per heavy atom. The molecule has 2 atom stereocenters. The van der Waals surface area contributed by atoms with Crippen LogP contribution in [-0.2, 0) is 10.2 Å². The molecule has 0 aromatic heterocycles. The molecule has 2 unspecified atom stereocenters. The Morgan fingerprint density at radius 1 is 0.750 bits per heavy atom. The molecule has 0 fully saturated rings. The van der Waals surface area contributed by atoms with E-state index >= 15 is 0 Å². The lowest BCUT2D eigenvalue weighted by molar-refractivity contribution is -0.343. The predicted molar refractivity (Wildman–Crippen MR) is 54.9 cm³/mol. The van der Waals surface area contributed by atoms with Crippen molar-refractivity contribution in [2.75, 3.05) is 0 Å². The van der Waals surface area contributed by atoms with Gasteiger partial charge in [-0.1, -0.05) is 15.5 Å². The zero-order chi connectivity index (χ0) is 20.2. The molecular weight excluding hydrogens is 447 g/mol. The van der Waals surface area contributed by atoms with Crippen LogP contribution >= 0.6 is 23.2 Å². The minimum Gasteiger partial charge on any atom is -0.227 e. The second-order valence-electron chi connectivity index (χ2n) is 4.20. The summed E-state index contributed by atoms with van der Waals surface area (Å²) in [6.45, 7) is 0. The van der Waals surface area contributed by atoms with Gasteiger partial charge in [-0.2, -0.15) is 47.9 Å². The molecule has 0 heterocycles. The van der Waals surface area contributed by atoms with Crippen molar-refractivity contribution >= 4 is 33.4 Å². The van der Waals surface area contributed by atoms with Gasteiger partial charge in [0, 0.05) is 0 Å². The molecule has 0 bridgehead atoms. The van der Waals surface area contributed by atoms with Gasteiger partial charge in [0.1, 0.15) is 0 Å². The van der Waals surface area contributed by atoms with Gasteiger partial charge in [-0.05, 0) is 11.6 Å². The maximum absolute atomic E-state index is 13.6. The summed E-state index contributed by atoms with van der Waals surface area (Å²) in [7, 11) is -7.43. The lowest BCUT2D eigenvalue weighted by atomic mass is 9.89. The maximum atomic E-state index is 13.6. The Balaban J connectivity index is 6.54. The summed E-state index contributed by atoms with van der Waals surface area (Å²) in [6, 6.07) is 0. The van der Waals surface area contributed by atoms with E-state index in [4.69, 9.17) is 0 Å². The van der Waals surface area contributed by atoms with Crippen molar-refractivity contribution in [2.45, 2.75) is 40.0 Å². The SMILES string of the molecule is O=S(=O)(F)C(F)(F)CC(F)(C(F)(F)F)C(F)(F)C(F)(Cl)C(F)(F)Cl. The van der Waals surface area contributed by atoms with Crippen LogP contribution < -0.4 is 0 Å². The molecule has 0 aliphatic heterocycles. The molecule has 0 aromatic carbocycles. The lowest BCUT2D eigenvalue weighted by Gasteiger charge is -2.41. The zero-order valence-corrected chi connectivity index (χ0v) is 12.6. The summed E-state index contributed by atoms with van der Waals surface area (Å²) in [6.07, 6.45) is -11.6. The topological polar surface area (TPSA) is 34.1 Å². The molecule has 0 spiro atoms. The van der Waals surface area contributed by atoms with E-state index in [1.165, 1.54) is 0 Å². The Bertz CT molecular complexity index is 579. The van der Waals surface area contributed by atoms with Crippen LogP contribution in [0.2, 0.25) is 0 Å². The molecular formula is C7H2Cl2F12O2S. The van der Waals surface area contributed by atoms with Gasteiger partial charge in [0.2, 0.25) is 0 Å². The van der Waals surface area contributed by atoms with Crippen molar-refractivity contribution in [3.63, 3.8) is 0 Å². The van der Waals surface area contributed by atoms with E-state index in [1.54, 1.807) is 0 Å². The highest BCUT2D eigenvalue weighted by molar-refractivity contribution is 7.87. The first-order chi connectivity index (χ1) is 9.96. The van der Waals surface area contributed by atoms with Gasteiger partial charge >= 0.3 is 38.1 Å². The molecule has 0 radical (unpaired) electrons. The minimum absolute atomic E-state index is 3.69. The van der Waals surface area contributed by atoms with E-state index < -0.39 is 50.2 Å². The van der Waals surface area contributed by atoms with Crippen LogP contribution in [0.3, 0.4) is 0 Å². The van der Waals surface area contributed by atoms with E-state index in [-0.39, 0.29) is 0 Å². The minimum atomic E-state index is -7.43. The molecule has 0 saturated carbocycles. The van der Waals surface area contributed by atoms with Crippen LogP contribution in [0.4, 0.5) is 52.2 Å². The van der Waals surface area contributed by atoms with Gasteiger partial charge in [-0.3, -0.25) is 0 Å². The van der Waals surface area contributed by atoms with Crippen LogP contribution in [0.5, 0.6) is 0 Å². The third-order valence-corrected chi connectivity index (χ3v) is 4.19. The monoisotopic (exact) mass is 448 g/mol. The average molecular weight is 449 g/mol. The molecule has 0 amide bonds. The maximum Gasteiger partial charge on any atom is 0.428 e. The van der Waals surface area contributed by atoms with Crippen molar-refractivity contribution in [3.8, 4) is 0 Å². The predicted octanol–water partition coefficient (Wildman–Crippen LogP) is 4.91. The van der Waals surface area contributed by atoms with E-state index in [0.717, 1.165) is 0 Å². The van der Waals surface area contributed by atoms with Gasteiger partial charge < -0.3 is 0 Å². The standard InChI is InChI=1S/C7H2Cl2F12O2S/c8-4(13,6(9,16)17)5(14,15)2(10,7(18,19)20)1-3(11,12)24(21,22)23/h1H2. The smallest absolute Gasteiger partial charge is 0.227 e. The lowest BCUT2D eigenvalue weighted by Crippen LogP contribution is -2.68. The number of alkyl halides is 13. The zero-order valence-electron chi connectivity index (χ0n) is 10.2. The quantitative estimate of drug-likeness (QED) is 0.328. The first-order valence-electron chi connectivity index (χ1n) is 4.86. The molecule has 0 aliphatic carbocycles. The van der Waals surface area contributed by atoms with Crippen molar-refractivity contribution < 1.29 is 60.6 Å². The fourth-order valence-corrected chi connectivity index (χ4v) is 1.83. The van der Waals surface area contributed by atoms with E-state index in [9.17, 15) is 60.6 Å². The van der Waals surface area contributed by atoms with Crippen LogP contribution in [0.15, 0.2) is 0 Å². The molecule has 2 nitrogen and oxygen atoms in total. The summed E-state index contributed by atoms with van der Waals surface area (Å²) >= 11 is 7.50. The molecule has 146 valence electrons. The largest absolute Gasteiger partial charge is 0.428 e. The second kappa shape index (κ2) is 5.86. The summed E-state index contributed by atoms with van der Waals surface area (Å²) in [4.78, 5) is 0. The normalized spacial score (nSPS) is 20.4. The van der Waals surface area contributed by atoms with Gasteiger partial charge in [-0.25, -0.2) is 8.78 Å². The summed E-state index contributed by atoms with van der Waals surface area (Å²) in [5.41, 5.74) is -7.06. The fourth-order valence-electron chi connectivity index (χ4n) is 1.19. The molecule has 17 heteroatoms. The Kier molecular flexibility index (Phi) is 5.78. The van der Waals surface area contributed by atoms with Gasteiger partial charge in [0.05, 0.1) is 6.42 Å². The van der Waals surface area contributed by atoms with Gasteiger partial charge in [0.25, 0.3) is 5.67 Å². The molecule has 0 rings (SSSR count). The molecule has 0 N–H and O–H groups in total. The van der Waals surface area contributed by atoms with Crippen LogP contribution in [0.1, 0.15) is 6.42 Å². The second-order valence-corrected chi connectivity index (χ2v) is 6.67. The number of hydrogen-bond acceptors (Lipinski definition) is 2. The summed E-state index contributed by atoms with van der Waals surface area (Å²) in [5, 5.41) is -19.1. The first-order valence-corrected chi connectivity index (χ1v) is 7.00. The van der Waals surface area contributed by atoms with Crippen LogP contribution in [-0.4, -0.2) is 41.9 Å². The Morgan fingerprint density at radius 2 is 1.08 bits per heavy atom. The summed E-state index contributed by atoms with van der Waals surface area (Å²) in [5.74, 6) is -7.29. The average Bonchev–Trinajstić information content (AvgIpc) is 2.22. The highest BCUT2D eigenvalue weighted by Crippen LogP contribution is 2.61. The van der Waals surface area contributed by atoms with Gasteiger partial charge in [0.15, 0.2) is 0 Å². The van der Waals surface area contributed by atoms with Gasteiger partial charge in [-0.15, -0.1) is 0 Å². The highest BCUT2D eigenvalue weighted by Gasteiger charge is 2.85.